The summed E-state index contributed by atoms with van der Waals surface area (Å²) in [5, 5.41) is 2.02. The van der Waals surface area contributed by atoms with E-state index < -0.39 is 0 Å². The molecule has 0 unspecified atom stereocenters. The maximum Gasteiger partial charge on any atom is 0.180 e. The summed E-state index contributed by atoms with van der Waals surface area (Å²) in [6.45, 7) is 3.80. The standard InChI is InChI=1S/C16H14N2OS/c1-10-16(20-11(2)17-10)15(19)9-13-8-7-12-5-3-4-6-14(12)18-13/h3-8H,9H2,1-2H3. The molecule has 0 saturated heterocycles. The van der Waals surface area contributed by atoms with Gasteiger partial charge in [-0.3, -0.25) is 9.78 Å². The van der Waals surface area contributed by atoms with Crippen molar-refractivity contribution in [2.45, 2.75) is 20.3 Å². The molecule has 4 heteroatoms. The summed E-state index contributed by atoms with van der Waals surface area (Å²) in [5.41, 5.74) is 2.55. The average molecular weight is 282 g/mol. The van der Waals surface area contributed by atoms with Gasteiger partial charge in [0.2, 0.25) is 0 Å². The van der Waals surface area contributed by atoms with Crippen molar-refractivity contribution >= 4 is 28.0 Å². The highest BCUT2D eigenvalue weighted by atomic mass is 32.1. The van der Waals surface area contributed by atoms with Crippen LogP contribution in [0.5, 0.6) is 0 Å². The minimum Gasteiger partial charge on any atom is -0.293 e. The number of benzene rings is 1. The van der Waals surface area contributed by atoms with E-state index in [0.717, 1.165) is 32.2 Å². The van der Waals surface area contributed by atoms with Crippen molar-refractivity contribution in [2.24, 2.45) is 0 Å². The van der Waals surface area contributed by atoms with E-state index >= 15 is 0 Å². The second-order valence-corrected chi connectivity index (χ2v) is 5.95. The van der Waals surface area contributed by atoms with Crippen molar-refractivity contribution in [3.63, 3.8) is 0 Å². The number of hydrogen-bond donors (Lipinski definition) is 0. The molecule has 3 aromatic rings. The minimum atomic E-state index is 0.0934. The number of aromatic nitrogens is 2. The number of rotatable bonds is 3. The summed E-state index contributed by atoms with van der Waals surface area (Å²) >= 11 is 1.46. The van der Waals surface area contributed by atoms with Crippen molar-refractivity contribution in [3.05, 3.63) is 57.7 Å². The van der Waals surface area contributed by atoms with Crippen molar-refractivity contribution in [3.8, 4) is 0 Å². The van der Waals surface area contributed by atoms with Crippen LogP contribution >= 0.6 is 11.3 Å². The van der Waals surface area contributed by atoms with E-state index in [-0.39, 0.29) is 5.78 Å². The fraction of sp³-hybridized carbons (Fsp3) is 0.188. The Labute approximate surface area is 121 Å². The average Bonchev–Trinajstić information content (AvgIpc) is 2.78. The molecule has 0 radical (unpaired) electrons. The summed E-state index contributed by atoms with van der Waals surface area (Å²) < 4.78 is 0. The lowest BCUT2D eigenvalue weighted by atomic mass is 10.1. The number of para-hydroxylation sites is 1. The van der Waals surface area contributed by atoms with Gasteiger partial charge in [0.15, 0.2) is 5.78 Å². The molecule has 0 atom stereocenters. The molecule has 100 valence electrons. The second kappa shape index (κ2) is 5.13. The number of ketones is 1. The molecule has 0 aliphatic rings. The van der Waals surface area contributed by atoms with Gasteiger partial charge < -0.3 is 0 Å². The molecular weight excluding hydrogens is 268 g/mol. The number of thiazole rings is 1. The normalized spacial score (nSPS) is 10.9. The number of nitrogens with zero attached hydrogens (tertiary/aromatic N) is 2. The lowest BCUT2D eigenvalue weighted by Gasteiger charge is -2.02. The third kappa shape index (κ3) is 2.47. The molecule has 2 aromatic heterocycles. The van der Waals surface area contributed by atoms with Crippen molar-refractivity contribution in [1.29, 1.82) is 0 Å². The molecule has 1 aromatic carbocycles. The highest BCUT2D eigenvalue weighted by molar-refractivity contribution is 7.13. The van der Waals surface area contributed by atoms with E-state index in [1.807, 2.05) is 50.2 Å². The van der Waals surface area contributed by atoms with Gasteiger partial charge in [-0.15, -0.1) is 11.3 Å². The van der Waals surface area contributed by atoms with E-state index in [0.29, 0.717) is 6.42 Å². The maximum atomic E-state index is 12.3. The molecule has 0 fully saturated rings. The first-order valence-electron chi connectivity index (χ1n) is 6.45. The van der Waals surface area contributed by atoms with Gasteiger partial charge in [0, 0.05) is 11.1 Å². The van der Waals surface area contributed by atoms with E-state index in [2.05, 4.69) is 9.97 Å². The SMILES string of the molecule is Cc1nc(C)c(C(=O)Cc2ccc3ccccc3n2)s1. The van der Waals surface area contributed by atoms with Crippen LogP contribution in [-0.4, -0.2) is 15.8 Å². The van der Waals surface area contributed by atoms with Gasteiger partial charge in [-0.25, -0.2) is 4.98 Å². The van der Waals surface area contributed by atoms with Crippen LogP contribution in [0.15, 0.2) is 36.4 Å². The Morgan fingerprint density at radius 1 is 1.10 bits per heavy atom. The van der Waals surface area contributed by atoms with Crippen LogP contribution in [0.1, 0.15) is 26.1 Å². The molecule has 0 N–H and O–H groups in total. The van der Waals surface area contributed by atoms with Gasteiger partial charge in [-0.1, -0.05) is 24.3 Å². The number of Topliss-reactive ketones (excluding diaryl/α,β-unsaturated/α-hetero) is 1. The van der Waals surface area contributed by atoms with E-state index in [9.17, 15) is 4.79 Å². The number of hydrogen-bond acceptors (Lipinski definition) is 4. The van der Waals surface area contributed by atoms with Crippen LogP contribution in [0.25, 0.3) is 10.9 Å². The first-order valence-corrected chi connectivity index (χ1v) is 7.27. The highest BCUT2D eigenvalue weighted by Crippen LogP contribution is 2.20. The molecule has 3 nitrogen and oxygen atoms in total. The fourth-order valence-corrected chi connectivity index (χ4v) is 3.10. The first-order chi connectivity index (χ1) is 9.63. The number of aryl methyl sites for hydroxylation is 2. The van der Waals surface area contributed by atoms with Gasteiger partial charge in [0.1, 0.15) is 0 Å². The topological polar surface area (TPSA) is 42.9 Å². The number of fused-ring (bicyclic) bond motifs is 1. The molecule has 0 aliphatic carbocycles. The van der Waals surface area contributed by atoms with Crippen LogP contribution in [0, 0.1) is 13.8 Å². The molecule has 20 heavy (non-hydrogen) atoms. The maximum absolute atomic E-state index is 12.3. The zero-order chi connectivity index (χ0) is 14.1. The Kier molecular flexibility index (Phi) is 3.32. The lowest BCUT2D eigenvalue weighted by Crippen LogP contribution is -2.04. The number of pyridine rings is 1. The van der Waals surface area contributed by atoms with Gasteiger partial charge >= 0.3 is 0 Å². The Morgan fingerprint density at radius 3 is 2.65 bits per heavy atom. The van der Waals surface area contributed by atoms with Crippen molar-refractivity contribution in [2.75, 3.05) is 0 Å². The van der Waals surface area contributed by atoms with Crippen LogP contribution < -0.4 is 0 Å². The van der Waals surface area contributed by atoms with Crippen LogP contribution in [-0.2, 0) is 6.42 Å². The highest BCUT2D eigenvalue weighted by Gasteiger charge is 2.15. The van der Waals surface area contributed by atoms with Gasteiger partial charge in [0.05, 0.1) is 27.5 Å². The monoisotopic (exact) mass is 282 g/mol. The van der Waals surface area contributed by atoms with Crippen molar-refractivity contribution < 1.29 is 4.79 Å². The van der Waals surface area contributed by atoms with E-state index in [4.69, 9.17) is 0 Å². The zero-order valence-corrected chi connectivity index (χ0v) is 12.2. The number of carbonyl (C=O) groups excluding carboxylic acids is 1. The molecule has 2 heterocycles. The van der Waals surface area contributed by atoms with E-state index in [1.54, 1.807) is 0 Å². The predicted octanol–water partition coefficient (Wildman–Crippen LogP) is 3.73. The molecule has 0 aliphatic heterocycles. The molecular formula is C16H14N2OS. The Bertz CT molecular complexity index is 792. The molecule has 3 rings (SSSR count). The number of carbonyl (C=O) groups is 1. The summed E-state index contributed by atoms with van der Waals surface area (Å²) in [6.07, 6.45) is 0.327. The second-order valence-electron chi connectivity index (χ2n) is 4.74. The first kappa shape index (κ1) is 12.9. The molecule has 0 bridgehead atoms. The Morgan fingerprint density at radius 2 is 1.90 bits per heavy atom. The quantitative estimate of drug-likeness (QED) is 0.687. The fourth-order valence-electron chi connectivity index (χ4n) is 2.24. The Hall–Kier alpha value is -2.07. The lowest BCUT2D eigenvalue weighted by molar-refractivity contribution is 0.0995. The van der Waals surface area contributed by atoms with Crippen LogP contribution in [0.2, 0.25) is 0 Å². The minimum absolute atomic E-state index is 0.0934. The molecule has 0 spiro atoms. The summed E-state index contributed by atoms with van der Waals surface area (Å²) in [7, 11) is 0. The Balaban J connectivity index is 1.89. The summed E-state index contributed by atoms with van der Waals surface area (Å²) in [4.78, 5) is 21.9. The van der Waals surface area contributed by atoms with Gasteiger partial charge in [0.25, 0.3) is 0 Å². The van der Waals surface area contributed by atoms with Crippen LogP contribution in [0.3, 0.4) is 0 Å². The predicted molar refractivity (Wildman–Crippen MR) is 81.4 cm³/mol. The van der Waals surface area contributed by atoms with E-state index in [1.165, 1.54) is 11.3 Å². The van der Waals surface area contributed by atoms with Crippen LogP contribution in [0.4, 0.5) is 0 Å². The summed E-state index contributed by atoms with van der Waals surface area (Å²) in [5.74, 6) is 0.0934. The third-order valence-electron chi connectivity index (χ3n) is 3.15. The molecule has 0 amide bonds. The zero-order valence-electron chi connectivity index (χ0n) is 11.4. The largest absolute Gasteiger partial charge is 0.293 e. The van der Waals surface area contributed by atoms with Crippen molar-refractivity contribution in [1.82, 2.24) is 9.97 Å². The van der Waals surface area contributed by atoms with Gasteiger partial charge in [-0.05, 0) is 26.0 Å². The summed E-state index contributed by atoms with van der Waals surface area (Å²) in [6, 6.07) is 11.9. The third-order valence-corrected chi connectivity index (χ3v) is 4.27. The van der Waals surface area contributed by atoms with Gasteiger partial charge in [-0.2, -0.15) is 0 Å². The molecule has 0 saturated carbocycles. The smallest absolute Gasteiger partial charge is 0.180 e.